The molecule has 0 amide bonds. The van der Waals surface area contributed by atoms with Crippen LogP contribution in [-0.4, -0.2) is 31.1 Å². The van der Waals surface area contributed by atoms with Gasteiger partial charge in [-0.3, -0.25) is 0 Å². The summed E-state index contributed by atoms with van der Waals surface area (Å²) in [4.78, 5) is 2.30. The molecule has 4 saturated carbocycles. The van der Waals surface area contributed by atoms with Crippen molar-refractivity contribution < 1.29 is 0 Å². The Morgan fingerprint density at radius 1 is 1.12 bits per heavy atom. The summed E-state index contributed by atoms with van der Waals surface area (Å²) in [5.41, 5.74) is 7.01. The van der Waals surface area contributed by atoms with Crippen molar-refractivity contribution in [1.82, 2.24) is 4.90 Å². The van der Waals surface area contributed by atoms with Gasteiger partial charge >= 0.3 is 0 Å². The molecular formula is C15H28N2. The van der Waals surface area contributed by atoms with Crippen molar-refractivity contribution in [3.05, 3.63) is 0 Å². The number of nitrogens with two attached hydrogens (primary N) is 1. The first-order chi connectivity index (χ1) is 8.07. The number of nitrogens with zero attached hydrogens (tertiary/aromatic N) is 1. The van der Waals surface area contributed by atoms with E-state index in [9.17, 15) is 0 Å². The third-order valence-corrected chi connectivity index (χ3v) is 5.70. The SMILES string of the molecule is CN(C)CCCC1C2CC3CC(C2)CC1(N)C3. The fourth-order valence-electron chi connectivity index (χ4n) is 5.36. The first-order valence-electron chi connectivity index (χ1n) is 7.50. The minimum Gasteiger partial charge on any atom is -0.325 e. The zero-order valence-electron chi connectivity index (χ0n) is 11.5. The first kappa shape index (κ1) is 12.0. The maximum absolute atomic E-state index is 6.77. The lowest BCUT2D eigenvalue weighted by Crippen LogP contribution is -2.62. The monoisotopic (exact) mass is 236 g/mol. The summed E-state index contributed by atoms with van der Waals surface area (Å²) in [6.45, 7) is 1.23. The molecular weight excluding hydrogens is 208 g/mol. The second-order valence-corrected chi connectivity index (χ2v) is 7.39. The molecule has 0 aromatic carbocycles. The van der Waals surface area contributed by atoms with Crippen LogP contribution in [0.2, 0.25) is 0 Å². The van der Waals surface area contributed by atoms with Gasteiger partial charge in [-0.25, -0.2) is 0 Å². The molecule has 4 aliphatic rings. The van der Waals surface area contributed by atoms with Crippen LogP contribution in [0.25, 0.3) is 0 Å². The van der Waals surface area contributed by atoms with E-state index in [-0.39, 0.29) is 5.54 Å². The molecule has 4 rings (SSSR count). The lowest BCUT2D eigenvalue weighted by Gasteiger charge is -2.60. The van der Waals surface area contributed by atoms with Gasteiger partial charge in [0.25, 0.3) is 0 Å². The maximum atomic E-state index is 6.77. The maximum Gasteiger partial charge on any atom is 0.0190 e. The Hall–Kier alpha value is -0.0800. The summed E-state index contributed by atoms with van der Waals surface area (Å²) < 4.78 is 0. The molecule has 0 saturated heterocycles. The molecule has 2 heteroatoms. The van der Waals surface area contributed by atoms with E-state index >= 15 is 0 Å². The average Bonchev–Trinajstić information content (AvgIpc) is 2.20. The molecule has 2 nitrogen and oxygen atoms in total. The topological polar surface area (TPSA) is 29.3 Å². The average molecular weight is 236 g/mol. The van der Waals surface area contributed by atoms with Gasteiger partial charge in [-0.1, -0.05) is 0 Å². The van der Waals surface area contributed by atoms with Gasteiger partial charge in [0.15, 0.2) is 0 Å². The van der Waals surface area contributed by atoms with Gasteiger partial charge in [0.2, 0.25) is 0 Å². The predicted octanol–water partition coefficient (Wildman–Crippen LogP) is 2.48. The molecule has 2 N–H and O–H groups in total. The Balaban J connectivity index is 1.64. The van der Waals surface area contributed by atoms with E-state index in [0.717, 1.165) is 23.7 Å². The van der Waals surface area contributed by atoms with Crippen LogP contribution in [0.3, 0.4) is 0 Å². The Kier molecular flexibility index (Phi) is 2.99. The van der Waals surface area contributed by atoms with E-state index in [1.807, 2.05) is 0 Å². The molecule has 98 valence electrons. The predicted molar refractivity (Wildman–Crippen MR) is 71.8 cm³/mol. The van der Waals surface area contributed by atoms with E-state index in [1.165, 1.54) is 51.5 Å². The van der Waals surface area contributed by atoms with Crippen LogP contribution < -0.4 is 5.73 Å². The zero-order valence-corrected chi connectivity index (χ0v) is 11.5. The van der Waals surface area contributed by atoms with E-state index in [2.05, 4.69) is 19.0 Å². The number of rotatable bonds is 4. The summed E-state index contributed by atoms with van der Waals surface area (Å²) in [6.07, 6.45) is 9.89. The summed E-state index contributed by atoms with van der Waals surface area (Å²) in [5.74, 6) is 3.80. The standard InChI is InChI=1S/C15H28N2/c1-17(2)5-3-4-14-13-7-11-6-12(8-13)10-15(14,16)9-11/h11-14H,3-10,16H2,1-2H3. The quantitative estimate of drug-likeness (QED) is 0.812. The Labute approximate surface area is 106 Å². The molecule has 0 radical (unpaired) electrons. The molecule has 4 fully saturated rings. The smallest absolute Gasteiger partial charge is 0.0190 e. The van der Waals surface area contributed by atoms with Crippen LogP contribution in [0.1, 0.15) is 44.9 Å². The largest absolute Gasteiger partial charge is 0.325 e. The molecule has 4 aliphatic carbocycles. The van der Waals surface area contributed by atoms with Crippen molar-refractivity contribution in [2.45, 2.75) is 50.5 Å². The van der Waals surface area contributed by atoms with Crippen molar-refractivity contribution in [2.24, 2.45) is 29.4 Å². The minimum absolute atomic E-state index is 0.237. The molecule has 0 aromatic rings. The molecule has 0 spiro atoms. The summed E-state index contributed by atoms with van der Waals surface area (Å²) >= 11 is 0. The number of hydrogen-bond donors (Lipinski definition) is 1. The molecule has 4 bridgehead atoms. The lowest BCUT2D eigenvalue weighted by molar-refractivity contribution is -0.0593. The fourth-order valence-corrected chi connectivity index (χ4v) is 5.36. The molecule has 0 aromatic heterocycles. The summed E-state index contributed by atoms with van der Waals surface area (Å²) in [7, 11) is 4.35. The van der Waals surface area contributed by atoms with Gasteiger partial charge < -0.3 is 10.6 Å². The third kappa shape index (κ3) is 2.15. The summed E-state index contributed by atoms with van der Waals surface area (Å²) in [6, 6.07) is 0. The van der Waals surface area contributed by atoms with E-state index in [0.29, 0.717) is 0 Å². The van der Waals surface area contributed by atoms with Crippen molar-refractivity contribution in [2.75, 3.05) is 20.6 Å². The molecule has 3 unspecified atom stereocenters. The van der Waals surface area contributed by atoms with Crippen LogP contribution in [0.5, 0.6) is 0 Å². The van der Waals surface area contributed by atoms with Crippen LogP contribution >= 0.6 is 0 Å². The highest BCUT2D eigenvalue weighted by Crippen LogP contribution is 2.58. The highest BCUT2D eigenvalue weighted by Gasteiger charge is 2.54. The Morgan fingerprint density at radius 2 is 1.76 bits per heavy atom. The van der Waals surface area contributed by atoms with Gasteiger partial charge in [-0.15, -0.1) is 0 Å². The second-order valence-electron chi connectivity index (χ2n) is 7.39. The number of hydrogen-bond acceptors (Lipinski definition) is 2. The van der Waals surface area contributed by atoms with Crippen molar-refractivity contribution in [1.29, 1.82) is 0 Å². The van der Waals surface area contributed by atoms with Gasteiger partial charge in [-0.05, 0) is 89.3 Å². The third-order valence-electron chi connectivity index (χ3n) is 5.70. The van der Waals surface area contributed by atoms with Crippen LogP contribution in [0, 0.1) is 23.7 Å². The first-order valence-corrected chi connectivity index (χ1v) is 7.50. The van der Waals surface area contributed by atoms with Gasteiger partial charge in [0.05, 0.1) is 0 Å². The van der Waals surface area contributed by atoms with Gasteiger partial charge in [0, 0.05) is 5.54 Å². The van der Waals surface area contributed by atoms with Crippen LogP contribution in [0.15, 0.2) is 0 Å². The lowest BCUT2D eigenvalue weighted by atomic mass is 9.48. The molecule has 17 heavy (non-hydrogen) atoms. The molecule has 0 heterocycles. The van der Waals surface area contributed by atoms with Crippen LogP contribution in [-0.2, 0) is 0 Å². The van der Waals surface area contributed by atoms with Gasteiger partial charge in [-0.2, -0.15) is 0 Å². The molecule has 3 atom stereocenters. The van der Waals surface area contributed by atoms with Crippen molar-refractivity contribution >= 4 is 0 Å². The highest BCUT2D eigenvalue weighted by atomic mass is 15.0. The molecule has 0 aliphatic heterocycles. The summed E-state index contributed by atoms with van der Waals surface area (Å²) in [5, 5.41) is 0. The second kappa shape index (κ2) is 4.24. The zero-order chi connectivity index (χ0) is 12.0. The minimum atomic E-state index is 0.237. The van der Waals surface area contributed by atoms with E-state index < -0.39 is 0 Å². The van der Waals surface area contributed by atoms with Crippen LogP contribution in [0.4, 0.5) is 0 Å². The normalized spacial score (nSPS) is 48.0. The fraction of sp³-hybridized carbons (Fsp3) is 1.00. The Bertz CT molecular complexity index is 273. The Morgan fingerprint density at radius 3 is 2.29 bits per heavy atom. The van der Waals surface area contributed by atoms with E-state index in [4.69, 9.17) is 5.73 Å². The van der Waals surface area contributed by atoms with Crippen molar-refractivity contribution in [3.8, 4) is 0 Å². The van der Waals surface area contributed by atoms with E-state index in [1.54, 1.807) is 0 Å². The highest BCUT2D eigenvalue weighted by molar-refractivity contribution is 5.09. The van der Waals surface area contributed by atoms with Gasteiger partial charge in [0.1, 0.15) is 0 Å². The van der Waals surface area contributed by atoms with Crippen molar-refractivity contribution in [3.63, 3.8) is 0 Å².